The molecule has 2 N–H and O–H groups in total. The summed E-state index contributed by atoms with van der Waals surface area (Å²) in [5, 5.41) is 0.829. The van der Waals surface area contributed by atoms with Crippen LogP contribution in [0.25, 0.3) is 28.1 Å². The van der Waals surface area contributed by atoms with Crippen molar-refractivity contribution in [3.63, 3.8) is 0 Å². The van der Waals surface area contributed by atoms with Crippen molar-refractivity contribution in [1.82, 2.24) is 15.0 Å². The van der Waals surface area contributed by atoms with E-state index in [1.54, 1.807) is 12.3 Å². The maximum atomic E-state index is 12.9. The fourth-order valence-corrected chi connectivity index (χ4v) is 2.99. The first-order valence-corrected chi connectivity index (χ1v) is 8.15. The van der Waals surface area contributed by atoms with Gasteiger partial charge in [0.2, 0.25) is 0 Å². The number of fused-ring (bicyclic) bond motifs is 1. The van der Waals surface area contributed by atoms with Crippen molar-refractivity contribution in [1.29, 1.82) is 0 Å². The summed E-state index contributed by atoms with van der Waals surface area (Å²) in [4.78, 5) is 35.2. The number of carbonyl (C=O) groups is 1. The monoisotopic (exact) mass is 341 g/mol. The van der Waals surface area contributed by atoms with E-state index in [0.717, 1.165) is 10.9 Å². The number of imidazole rings is 1. The van der Waals surface area contributed by atoms with Crippen LogP contribution in [-0.4, -0.2) is 20.7 Å². The van der Waals surface area contributed by atoms with Gasteiger partial charge in [0, 0.05) is 22.7 Å². The van der Waals surface area contributed by atoms with Crippen LogP contribution in [0.15, 0.2) is 78.0 Å². The Morgan fingerprint density at radius 1 is 1.00 bits per heavy atom. The molecule has 0 saturated carbocycles. The van der Waals surface area contributed by atoms with Crippen molar-refractivity contribution in [3.8, 4) is 11.1 Å². The number of para-hydroxylation sites is 1. The van der Waals surface area contributed by atoms with Gasteiger partial charge < -0.3 is 9.97 Å². The van der Waals surface area contributed by atoms with Crippen molar-refractivity contribution in [3.05, 3.63) is 94.8 Å². The summed E-state index contributed by atoms with van der Waals surface area (Å²) >= 11 is 0. The summed E-state index contributed by atoms with van der Waals surface area (Å²) < 4.78 is 0. The molecule has 0 aliphatic heterocycles. The summed E-state index contributed by atoms with van der Waals surface area (Å²) in [5.74, 6) is -0.362. The Morgan fingerprint density at radius 3 is 2.54 bits per heavy atom. The van der Waals surface area contributed by atoms with Crippen molar-refractivity contribution < 1.29 is 4.79 Å². The molecule has 126 valence electrons. The van der Waals surface area contributed by atoms with Crippen LogP contribution in [-0.2, 0) is 0 Å². The quantitative estimate of drug-likeness (QED) is 0.437. The van der Waals surface area contributed by atoms with Gasteiger partial charge in [-0.15, -0.1) is 0 Å². The third-order valence-electron chi connectivity index (χ3n) is 4.16. The minimum Gasteiger partial charge on any atom is -0.351 e. The highest BCUT2D eigenvalue weighted by atomic mass is 16.1. The van der Waals surface area contributed by atoms with Gasteiger partial charge in [0.1, 0.15) is 0 Å². The maximum absolute atomic E-state index is 12.9. The fourth-order valence-electron chi connectivity index (χ4n) is 2.99. The van der Waals surface area contributed by atoms with Crippen LogP contribution < -0.4 is 5.56 Å². The summed E-state index contributed by atoms with van der Waals surface area (Å²) in [6.07, 6.45) is 6.17. The fraction of sp³-hybridized carbons (Fsp3) is 0. The van der Waals surface area contributed by atoms with Crippen LogP contribution in [0.1, 0.15) is 16.1 Å². The second-order valence-electron chi connectivity index (χ2n) is 5.81. The van der Waals surface area contributed by atoms with Crippen LogP contribution >= 0.6 is 0 Å². The summed E-state index contributed by atoms with van der Waals surface area (Å²) in [6.45, 7) is 0. The molecule has 2 aromatic carbocycles. The van der Waals surface area contributed by atoms with E-state index in [1.165, 1.54) is 12.4 Å². The van der Waals surface area contributed by atoms with E-state index in [-0.39, 0.29) is 11.3 Å². The number of aromatic nitrogens is 3. The van der Waals surface area contributed by atoms with Gasteiger partial charge in [0.15, 0.2) is 5.78 Å². The SMILES string of the molecule is O=C(/C=C/c1c[nH]cn1)c1c(-c2ccccc2)c2ccccc2[nH]c1=O. The number of carbonyl (C=O) groups excluding carboxylic acids is 1. The number of benzene rings is 2. The number of H-pyrrole nitrogens is 2. The molecule has 0 fully saturated rings. The lowest BCUT2D eigenvalue weighted by Crippen LogP contribution is -2.18. The molecule has 0 bridgehead atoms. The molecular formula is C21H15N3O2. The Balaban J connectivity index is 1.95. The Bertz CT molecular complexity index is 1160. The highest BCUT2D eigenvalue weighted by molar-refractivity contribution is 6.14. The lowest BCUT2D eigenvalue weighted by Gasteiger charge is -2.11. The smallest absolute Gasteiger partial charge is 0.260 e. The zero-order chi connectivity index (χ0) is 17.9. The van der Waals surface area contributed by atoms with Gasteiger partial charge in [-0.1, -0.05) is 48.5 Å². The topological polar surface area (TPSA) is 78.6 Å². The highest BCUT2D eigenvalue weighted by Gasteiger charge is 2.18. The van der Waals surface area contributed by atoms with Gasteiger partial charge in [0.25, 0.3) is 5.56 Å². The van der Waals surface area contributed by atoms with Crippen LogP contribution in [0.3, 0.4) is 0 Å². The van der Waals surface area contributed by atoms with Crippen LogP contribution in [0.5, 0.6) is 0 Å². The minimum atomic E-state index is -0.403. The lowest BCUT2D eigenvalue weighted by molar-refractivity contribution is 0.104. The molecule has 26 heavy (non-hydrogen) atoms. The average Bonchev–Trinajstić information content (AvgIpc) is 3.19. The van der Waals surface area contributed by atoms with Crippen molar-refractivity contribution >= 4 is 22.8 Å². The van der Waals surface area contributed by atoms with Gasteiger partial charge in [0.05, 0.1) is 17.6 Å². The lowest BCUT2D eigenvalue weighted by atomic mass is 9.94. The maximum Gasteiger partial charge on any atom is 0.260 e. The average molecular weight is 341 g/mol. The summed E-state index contributed by atoms with van der Waals surface area (Å²) in [6, 6.07) is 17.0. The Kier molecular flexibility index (Phi) is 4.03. The number of nitrogens with one attached hydrogen (secondary N) is 2. The Morgan fingerprint density at radius 2 is 1.77 bits per heavy atom. The number of hydrogen-bond acceptors (Lipinski definition) is 3. The van der Waals surface area contributed by atoms with E-state index in [0.29, 0.717) is 16.8 Å². The number of hydrogen-bond donors (Lipinski definition) is 2. The molecule has 0 aliphatic rings. The molecule has 0 spiro atoms. The molecule has 0 radical (unpaired) electrons. The molecular weight excluding hydrogens is 326 g/mol. The first-order chi connectivity index (χ1) is 12.7. The number of pyridine rings is 1. The predicted octanol–water partition coefficient (Wildman–Crippen LogP) is 3.81. The third kappa shape index (κ3) is 2.86. The van der Waals surface area contributed by atoms with Crippen molar-refractivity contribution in [2.24, 2.45) is 0 Å². The van der Waals surface area contributed by atoms with E-state index < -0.39 is 5.56 Å². The van der Waals surface area contributed by atoms with E-state index in [4.69, 9.17) is 0 Å². The minimum absolute atomic E-state index is 0.127. The summed E-state index contributed by atoms with van der Waals surface area (Å²) in [5.41, 5.74) is 2.51. The van der Waals surface area contributed by atoms with Gasteiger partial charge in [-0.2, -0.15) is 0 Å². The molecule has 0 unspecified atom stereocenters. The van der Waals surface area contributed by atoms with Gasteiger partial charge in [-0.05, 0) is 23.8 Å². The largest absolute Gasteiger partial charge is 0.351 e. The van der Waals surface area contributed by atoms with Crippen LogP contribution in [0.4, 0.5) is 0 Å². The van der Waals surface area contributed by atoms with Gasteiger partial charge in [-0.25, -0.2) is 4.98 Å². The Hall–Kier alpha value is -3.73. The summed E-state index contributed by atoms with van der Waals surface area (Å²) in [7, 11) is 0. The molecule has 4 aromatic rings. The van der Waals surface area contributed by atoms with E-state index in [9.17, 15) is 9.59 Å². The normalized spacial score (nSPS) is 11.2. The molecule has 0 atom stereocenters. The second kappa shape index (κ2) is 6.64. The van der Waals surface area contributed by atoms with Crippen molar-refractivity contribution in [2.45, 2.75) is 0 Å². The first kappa shape index (κ1) is 15.8. The molecule has 4 rings (SSSR count). The molecule has 0 amide bonds. The molecule has 5 heteroatoms. The number of aromatic amines is 2. The number of rotatable bonds is 4. The zero-order valence-electron chi connectivity index (χ0n) is 13.8. The highest BCUT2D eigenvalue weighted by Crippen LogP contribution is 2.29. The zero-order valence-corrected chi connectivity index (χ0v) is 13.8. The first-order valence-electron chi connectivity index (χ1n) is 8.15. The van der Waals surface area contributed by atoms with Crippen molar-refractivity contribution in [2.75, 3.05) is 0 Å². The number of allylic oxidation sites excluding steroid dienone is 1. The Labute approximate surface area is 149 Å². The van der Waals surface area contributed by atoms with Gasteiger partial charge in [-0.3, -0.25) is 9.59 Å². The third-order valence-corrected chi connectivity index (χ3v) is 4.16. The van der Waals surface area contributed by atoms with E-state index in [1.807, 2.05) is 54.6 Å². The number of nitrogens with zero attached hydrogens (tertiary/aromatic N) is 1. The molecule has 2 heterocycles. The van der Waals surface area contributed by atoms with E-state index >= 15 is 0 Å². The molecule has 0 saturated heterocycles. The second-order valence-corrected chi connectivity index (χ2v) is 5.81. The molecule has 5 nitrogen and oxygen atoms in total. The van der Waals surface area contributed by atoms with Crippen LogP contribution in [0.2, 0.25) is 0 Å². The van der Waals surface area contributed by atoms with Gasteiger partial charge >= 0.3 is 0 Å². The number of ketones is 1. The molecule has 2 aromatic heterocycles. The van der Waals surface area contributed by atoms with Crippen LogP contribution in [0, 0.1) is 0 Å². The standard InChI is InChI=1S/C21H15N3O2/c25-18(11-10-15-12-22-13-23-15)20-19(14-6-2-1-3-7-14)16-8-4-5-9-17(16)24-21(20)26/h1-13H,(H,22,23)(H,24,26)/b11-10+. The predicted molar refractivity (Wildman–Crippen MR) is 102 cm³/mol. The molecule has 0 aliphatic carbocycles. The van der Waals surface area contributed by atoms with E-state index in [2.05, 4.69) is 15.0 Å².